The topological polar surface area (TPSA) is 35.5 Å². The number of rotatable bonds is 3. The van der Waals surface area contributed by atoms with Gasteiger partial charge in [-0.05, 0) is 13.0 Å². The molecule has 17 heavy (non-hydrogen) atoms. The van der Waals surface area contributed by atoms with Crippen LogP contribution in [-0.2, 0) is 9.53 Å². The summed E-state index contributed by atoms with van der Waals surface area (Å²) in [5, 5.41) is 0. The zero-order valence-corrected chi connectivity index (χ0v) is 10.1. The summed E-state index contributed by atoms with van der Waals surface area (Å²) in [6.07, 6.45) is 3.13. The molecule has 0 N–H and O–H groups in total. The van der Waals surface area contributed by atoms with Crippen LogP contribution < -0.4 is 4.74 Å². The standard InChI is InChI=1S/C14H16O3/c1-3-4-9-16-14(15)13-10(2)11-7-5-6-8-12(11)17-13/h3-8,10,13H,9H2,1-2H3/b4-3+. The first-order chi connectivity index (χ1) is 8.24. The van der Waals surface area contributed by atoms with Crippen molar-refractivity contribution in [1.29, 1.82) is 0 Å². The van der Waals surface area contributed by atoms with E-state index in [4.69, 9.17) is 9.47 Å². The van der Waals surface area contributed by atoms with Gasteiger partial charge in [-0.25, -0.2) is 4.79 Å². The summed E-state index contributed by atoms with van der Waals surface area (Å²) < 4.78 is 10.7. The van der Waals surface area contributed by atoms with Crippen molar-refractivity contribution in [3.8, 4) is 5.75 Å². The fourth-order valence-corrected chi connectivity index (χ4v) is 1.93. The molecule has 0 saturated heterocycles. The Balaban J connectivity index is 2.04. The molecule has 0 aromatic heterocycles. The van der Waals surface area contributed by atoms with Crippen molar-refractivity contribution < 1.29 is 14.3 Å². The van der Waals surface area contributed by atoms with E-state index in [1.54, 1.807) is 6.08 Å². The fourth-order valence-electron chi connectivity index (χ4n) is 1.93. The Morgan fingerprint density at radius 1 is 1.47 bits per heavy atom. The van der Waals surface area contributed by atoms with Crippen LogP contribution in [-0.4, -0.2) is 18.7 Å². The Labute approximate surface area is 101 Å². The van der Waals surface area contributed by atoms with Crippen LogP contribution in [0.25, 0.3) is 0 Å². The van der Waals surface area contributed by atoms with Crippen LogP contribution in [0, 0.1) is 0 Å². The molecule has 3 heteroatoms. The van der Waals surface area contributed by atoms with E-state index in [2.05, 4.69) is 0 Å². The van der Waals surface area contributed by atoms with Gasteiger partial charge in [0.05, 0.1) is 0 Å². The zero-order valence-electron chi connectivity index (χ0n) is 10.1. The number of esters is 1. The maximum atomic E-state index is 11.8. The van der Waals surface area contributed by atoms with E-state index < -0.39 is 6.10 Å². The minimum absolute atomic E-state index is 0.0457. The molecule has 3 nitrogen and oxygen atoms in total. The molecule has 2 rings (SSSR count). The van der Waals surface area contributed by atoms with E-state index in [-0.39, 0.29) is 11.9 Å². The van der Waals surface area contributed by atoms with E-state index in [1.807, 2.05) is 44.2 Å². The van der Waals surface area contributed by atoms with Crippen molar-refractivity contribution in [3.63, 3.8) is 0 Å². The molecule has 0 aliphatic carbocycles. The third kappa shape index (κ3) is 2.33. The Kier molecular flexibility index (Phi) is 3.47. The zero-order chi connectivity index (χ0) is 12.3. The molecule has 1 aromatic rings. The van der Waals surface area contributed by atoms with Gasteiger partial charge in [0, 0.05) is 11.5 Å². The van der Waals surface area contributed by atoms with Crippen molar-refractivity contribution >= 4 is 5.97 Å². The predicted molar refractivity (Wildman–Crippen MR) is 65.0 cm³/mol. The lowest BCUT2D eigenvalue weighted by Gasteiger charge is -2.13. The number of carbonyl (C=O) groups excluding carboxylic acids is 1. The van der Waals surface area contributed by atoms with Gasteiger partial charge in [0.15, 0.2) is 0 Å². The summed E-state index contributed by atoms with van der Waals surface area (Å²) in [4.78, 5) is 11.8. The maximum absolute atomic E-state index is 11.8. The fraction of sp³-hybridized carbons (Fsp3) is 0.357. The molecule has 0 saturated carbocycles. The highest BCUT2D eigenvalue weighted by atomic mass is 16.6. The van der Waals surface area contributed by atoms with E-state index in [0.29, 0.717) is 6.61 Å². The summed E-state index contributed by atoms with van der Waals surface area (Å²) in [6.45, 7) is 4.17. The lowest BCUT2D eigenvalue weighted by molar-refractivity contribution is -0.150. The van der Waals surface area contributed by atoms with Crippen molar-refractivity contribution in [2.24, 2.45) is 0 Å². The highest BCUT2D eigenvalue weighted by Crippen LogP contribution is 2.37. The molecule has 1 aliphatic rings. The molecule has 0 amide bonds. The molecular weight excluding hydrogens is 216 g/mol. The molecular formula is C14H16O3. The van der Waals surface area contributed by atoms with Gasteiger partial charge in [0.1, 0.15) is 12.4 Å². The molecule has 1 heterocycles. The molecule has 0 bridgehead atoms. The number of carbonyl (C=O) groups is 1. The predicted octanol–water partition coefficient (Wildman–Crippen LogP) is 2.67. The Morgan fingerprint density at radius 3 is 2.94 bits per heavy atom. The number of ether oxygens (including phenoxy) is 2. The average molecular weight is 232 g/mol. The van der Waals surface area contributed by atoms with Gasteiger partial charge in [-0.15, -0.1) is 0 Å². The second kappa shape index (κ2) is 5.04. The van der Waals surface area contributed by atoms with Crippen LogP contribution in [0.1, 0.15) is 25.3 Å². The SMILES string of the molecule is C/C=C/COC(=O)C1Oc2ccccc2C1C. The van der Waals surface area contributed by atoms with Gasteiger partial charge in [0.25, 0.3) is 0 Å². The van der Waals surface area contributed by atoms with E-state index >= 15 is 0 Å². The molecule has 0 spiro atoms. The average Bonchev–Trinajstić information content (AvgIpc) is 2.68. The second-order valence-corrected chi connectivity index (χ2v) is 4.06. The Bertz CT molecular complexity index is 437. The molecule has 2 unspecified atom stereocenters. The minimum Gasteiger partial charge on any atom is -0.478 e. The van der Waals surface area contributed by atoms with Crippen molar-refractivity contribution in [3.05, 3.63) is 42.0 Å². The summed E-state index contributed by atoms with van der Waals surface area (Å²) in [5.41, 5.74) is 1.07. The van der Waals surface area contributed by atoms with Crippen LogP contribution in [0.2, 0.25) is 0 Å². The van der Waals surface area contributed by atoms with Gasteiger partial charge < -0.3 is 9.47 Å². The number of benzene rings is 1. The summed E-state index contributed by atoms with van der Waals surface area (Å²) in [5.74, 6) is 0.532. The largest absolute Gasteiger partial charge is 0.478 e. The van der Waals surface area contributed by atoms with Crippen LogP contribution >= 0.6 is 0 Å². The monoisotopic (exact) mass is 232 g/mol. The van der Waals surface area contributed by atoms with Gasteiger partial charge >= 0.3 is 5.97 Å². The number of hydrogen-bond acceptors (Lipinski definition) is 3. The molecule has 0 radical (unpaired) electrons. The van der Waals surface area contributed by atoms with Crippen LogP contribution in [0.3, 0.4) is 0 Å². The van der Waals surface area contributed by atoms with Crippen molar-refractivity contribution in [2.75, 3.05) is 6.61 Å². The second-order valence-electron chi connectivity index (χ2n) is 4.06. The first-order valence-corrected chi connectivity index (χ1v) is 5.77. The maximum Gasteiger partial charge on any atom is 0.348 e. The van der Waals surface area contributed by atoms with Gasteiger partial charge in [-0.2, -0.15) is 0 Å². The first kappa shape index (κ1) is 11.7. The van der Waals surface area contributed by atoms with E-state index in [1.165, 1.54) is 0 Å². The van der Waals surface area contributed by atoms with Crippen molar-refractivity contribution in [1.82, 2.24) is 0 Å². The Morgan fingerprint density at radius 2 is 2.24 bits per heavy atom. The van der Waals surface area contributed by atoms with Crippen LogP contribution in [0.5, 0.6) is 5.75 Å². The molecule has 2 atom stereocenters. The summed E-state index contributed by atoms with van der Waals surface area (Å²) in [7, 11) is 0. The van der Waals surface area contributed by atoms with Gasteiger partial charge in [-0.1, -0.05) is 37.3 Å². The lowest BCUT2D eigenvalue weighted by Crippen LogP contribution is -2.29. The first-order valence-electron chi connectivity index (χ1n) is 5.77. The smallest absolute Gasteiger partial charge is 0.348 e. The summed E-state index contributed by atoms with van der Waals surface area (Å²) >= 11 is 0. The minimum atomic E-state index is -0.516. The lowest BCUT2D eigenvalue weighted by atomic mass is 9.98. The van der Waals surface area contributed by atoms with E-state index in [9.17, 15) is 4.79 Å². The number of allylic oxidation sites excluding steroid dienone is 1. The molecule has 1 aromatic carbocycles. The molecule has 90 valence electrons. The highest BCUT2D eigenvalue weighted by Gasteiger charge is 2.37. The number of para-hydroxylation sites is 1. The van der Waals surface area contributed by atoms with Gasteiger partial charge in [0.2, 0.25) is 6.10 Å². The third-order valence-corrected chi connectivity index (χ3v) is 2.91. The summed E-state index contributed by atoms with van der Waals surface area (Å²) in [6, 6.07) is 7.72. The normalized spacial score (nSPS) is 22.2. The third-order valence-electron chi connectivity index (χ3n) is 2.91. The number of hydrogen-bond donors (Lipinski definition) is 0. The van der Waals surface area contributed by atoms with Crippen molar-refractivity contribution in [2.45, 2.75) is 25.9 Å². The number of fused-ring (bicyclic) bond motifs is 1. The van der Waals surface area contributed by atoms with Crippen LogP contribution in [0.4, 0.5) is 0 Å². The molecule has 1 aliphatic heterocycles. The quantitative estimate of drug-likeness (QED) is 0.593. The highest BCUT2D eigenvalue weighted by molar-refractivity contribution is 5.78. The Hall–Kier alpha value is -1.77. The van der Waals surface area contributed by atoms with Gasteiger partial charge in [-0.3, -0.25) is 0 Å². The van der Waals surface area contributed by atoms with E-state index in [0.717, 1.165) is 11.3 Å². The molecule has 0 fully saturated rings. The van der Waals surface area contributed by atoms with Crippen LogP contribution in [0.15, 0.2) is 36.4 Å².